The van der Waals surface area contributed by atoms with Gasteiger partial charge in [-0.2, -0.15) is 0 Å². The monoisotopic (exact) mass is 1370 g/mol. The molecule has 26 atom stereocenters. The minimum atomic E-state index is -1.95. The van der Waals surface area contributed by atoms with Gasteiger partial charge in [0, 0.05) is 18.9 Å². The molecule has 0 aliphatic carbocycles. The highest BCUT2D eigenvalue weighted by Gasteiger charge is 2.59. The number of hydrogen-bond donors (Lipinski definition) is 7. The number of hydrogen-bond acceptors (Lipinski definition) is 25. The summed E-state index contributed by atoms with van der Waals surface area (Å²) in [6.45, 7) is 15.0. The van der Waals surface area contributed by atoms with Crippen molar-refractivity contribution in [3.63, 3.8) is 0 Å². The summed E-state index contributed by atoms with van der Waals surface area (Å²) in [7, 11) is 0. The largest absolute Gasteiger partial charge is 0.457 e. The molecule has 0 radical (unpaired) electrons. The third-order valence-corrected chi connectivity index (χ3v) is 19.1. The van der Waals surface area contributed by atoms with E-state index >= 15 is 0 Å². The number of carbonyl (C=O) groups excluding carboxylic acids is 4. The van der Waals surface area contributed by atoms with E-state index in [1.54, 1.807) is 51.1 Å². The molecule has 0 spiro atoms. The van der Waals surface area contributed by atoms with Crippen molar-refractivity contribution >= 4 is 30.0 Å². The van der Waals surface area contributed by atoms with Crippen LogP contribution in [0.5, 0.6) is 0 Å². The topological polar surface area (TPSA) is 339 Å². The van der Waals surface area contributed by atoms with E-state index in [0.717, 1.165) is 102 Å². The second kappa shape index (κ2) is 40.0. The van der Waals surface area contributed by atoms with Gasteiger partial charge in [0.25, 0.3) is 0 Å². The first-order valence-corrected chi connectivity index (χ1v) is 35.9. The molecule has 0 bridgehead atoms. The van der Waals surface area contributed by atoms with Gasteiger partial charge in [0.05, 0.1) is 42.5 Å². The van der Waals surface area contributed by atoms with E-state index < -0.39 is 183 Å². The number of unbranched alkanes of at least 4 members (excludes halogenated alkanes) is 10. The van der Waals surface area contributed by atoms with Gasteiger partial charge in [-0.15, -0.1) is 0 Å². The van der Waals surface area contributed by atoms with Gasteiger partial charge in [0.15, 0.2) is 55.9 Å². The van der Waals surface area contributed by atoms with Gasteiger partial charge in [-0.1, -0.05) is 167 Å². The normalized spacial score (nSPS) is 38.5. The van der Waals surface area contributed by atoms with Crippen molar-refractivity contribution < 1.29 is 121 Å². The molecule has 1 aromatic carbocycles. The Morgan fingerprint density at radius 1 is 0.490 bits per heavy atom. The minimum Gasteiger partial charge on any atom is -0.457 e. The van der Waals surface area contributed by atoms with Crippen LogP contribution in [0, 0.1) is 5.92 Å². The lowest BCUT2D eigenvalue weighted by Gasteiger charge is -2.51. The van der Waals surface area contributed by atoms with Crippen molar-refractivity contribution in [3.05, 3.63) is 42.0 Å². The van der Waals surface area contributed by atoms with E-state index in [9.17, 15) is 54.9 Å². The van der Waals surface area contributed by atoms with Crippen LogP contribution in [0.2, 0.25) is 0 Å². The van der Waals surface area contributed by atoms with Crippen molar-refractivity contribution in [2.75, 3.05) is 0 Å². The fourth-order valence-electron chi connectivity index (χ4n) is 13.2. The molecular formula is C71H114O25. The summed E-state index contributed by atoms with van der Waals surface area (Å²) < 4.78 is 89.4. The number of ether oxygens (including phenoxy) is 14. The maximum absolute atomic E-state index is 14.2. The molecule has 0 unspecified atom stereocenters. The zero-order valence-corrected chi connectivity index (χ0v) is 57.9. The maximum atomic E-state index is 14.2. The fraction of sp³-hybridized carbons (Fsp3) is 0.831. The summed E-state index contributed by atoms with van der Waals surface area (Å²) in [5.74, 6) is -3.96. The minimum absolute atomic E-state index is 0.0416. The summed E-state index contributed by atoms with van der Waals surface area (Å²) in [4.78, 5) is 55.5. The van der Waals surface area contributed by atoms with Gasteiger partial charge in [0.1, 0.15) is 67.1 Å². The Labute approximate surface area is 566 Å². The Morgan fingerprint density at radius 3 is 1.71 bits per heavy atom. The van der Waals surface area contributed by atoms with Crippen LogP contribution in [0.25, 0.3) is 6.08 Å². The van der Waals surface area contributed by atoms with E-state index in [0.29, 0.717) is 31.2 Å². The SMILES string of the molecule is CCCCCCCCCCCC(=O)O[C@@H]1[C@@H](O)[C@@H](OC(=O)/C=C/c2ccccc2)[C@H](O[C@@H]2[C@@H](O[C@@H]3O[C@@H](C)[C@H](O)[C@@H](O)[C@H]3O)[C@@H](OC(=O)C(C)C)[C@H](O[C@@H]3[C@@H](O)[C@H]4OC(=O)CCCCCCCCC[C@H](CCCCC)O[C@@H]5O[C@H](C)[C@H](O)[C@H](O)[C@H]5O[C@@H]4O[C@H]3C)O[C@H]2C)O[C@H]1C. The molecule has 6 saturated heterocycles. The van der Waals surface area contributed by atoms with Gasteiger partial charge in [0.2, 0.25) is 0 Å². The third-order valence-electron chi connectivity index (χ3n) is 19.1. The maximum Gasteiger partial charge on any atom is 0.331 e. The molecule has 7 rings (SSSR count). The van der Waals surface area contributed by atoms with Crippen LogP contribution in [-0.2, 0) is 85.5 Å². The number of aliphatic hydroxyl groups excluding tert-OH is 7. The van der Waals surface area contributed by atoms with Crippen LogP contribution < -0.4 is 0 Å². The summed E-state index contributed by atoms with van der Waals surface area (Å²) >= 11 is 0. The summed E-state index contributed by atoms with van der Waals surface area (Å²) in [6, 6.07) is 8.87. The summed E-state index contributed by atoms with van der Waals surface area (Å²) in [5.41, 5.74) is 0.647. The molecule has 96 heavy (non-hydrogen) atoms. The predicted octanol–water partition coefficient (Wildman–Crippen LogP) is 7.21. The first-order valence-electron chi connectivity index (χ1n) is 35.9. The van der Waals surface area contributed by atoms with Crippen molar-refractivity contribution in [2.45, 2.75) is 370 Å². The van der Waals surface area contributed by atoms with E-state index in [1.165, 1.54) is 46.6 Å². The van der Waals surface area contributed by atoms with Gasteiger partial charge in [-0.25, -0.2) is 4.79 Å². The zero-order chi connectivity index (χ0) is 69.6. The fourth-order valence-corrected chi connectivity index (χ4v) is 13.2. The third kappa shape index (κ3) is 22.8. The van der Waals surface area contributed by atoms with E-state index in [2.05, 4.69) is 13.8 Å². The van der Waals surface area contributed by atoms with Crippen LogP contribution in [0.4, 0.5) is 0 Å². The number of fused-ring (bicyclic) bond motifs is 2. The quantitative estimate of drug-likeness (QED) is 0.0208. The molecule has 6 fully saturated rings. The smallest absolute Gasteiger partial charge is 0.331 e. The Morgan fingerprint density at radius 2 is 1.03 bits per heavy atom. The molecule has 6 aliphatic rings. The Bertz CT molecular complexity index is 2470. The molecule has 548 valence electrons. The average molecular weight is 1370 g/mol. The second-order valence-electron chi connectivity index (χ2n) is 27.3. The van der Waals surface area contributed by atoms with Gasteiger partial charge in [-0.05, 0) is 71.9 Å². The first kappa shape index (κ1) is 79.5. The molecule has 0 amide bonds. The van der Waals surface area contributed by atoms with Crippen molar-refractivity contribution in [1.82, 2.24) is 0 Å². The van der Waals surface area contributed by atoms with E-state index in [-0.39, 0.29) is 18.9 Å². The number of benzene rings is 1. The first-order chi connectivity index (χ1) is 46.0. The van der Waals surface area contributed by atoms with Gasteiger partial charge in [-0.3, -0.25) is 14.4 Å². The van der Waals surface area contributed by atoms with Crippen molar-refractivity contribution in [3.8, 4) is 0 Å². The highest BCUT2D eigenvalue weighted by Crippen LogP contribution is 2.40. The molecule has 6 aliphatic heterocycles. The number of rotatable bonds is 26. The van der Waals surface area contributed by atoms with Gasteiger partial charge >= 0.3 is 23.9 Å². The van der Waals surface area contributed by atoms with Crippen LogP contribution in [-0.4, -0.2) is 219 Å². The molecular weight excluding hydrogens is 1250 g/mol. The molecule has 1 aromatic rings. The van der Waals surface area contributed by atoms with Crippen LogP contribution in [0.1, 0.15) is 216 Å². The van der Waals surface area contributed by atoms with Crippen molar-refractivity contribution in [1.29, 1.82) is 0 Å². The Hall–Kier alpha value is -3.84. The number of carbonyl (C=O) groups is 4. The van der Waals surface area contributed by atoms with Crippen molar-refractivity contribution in [2.24, 2.45) is 5.92 Å². The summed E-state index contributed by atoms with van der Waals surface area (Å²) in [5, 5.41) is 81.7. The van der Waals surface area contributed by atoms with Crippen LogP contribution >= 0.6 is 0 Å². The van der Waals surface area contributed by atoms with E-state index in [4.69, 9.17) is 66.3 Å². The molecule has 25 heteroatoms. The zero-order valence-electron chi connectivity index (χ0n) is 57.9. The Balaban J connectivity index is 1.21. The average Bonchev–Trinajstić information content (AvgIpc) is 0.769. The lowest BCUT2D eigenvalue weighted by molar-refractivity contribution is -0.399. The van der Waals surface area contributed by atoms with Crippen LogP contribution in [0.15, 0.2) is 36.4 Å². The van der Waals surface area contributed by atoms with Crippen LogP contribution in [0.3, 0.4) is 0 Å². The summed E-state index contributed by atoms with van der Waals surface area (Å²) in [6.07, 6.45) is -17.4. The number of aliphatic hydroxyl groups is 7. The predicted molar refractivity (Wildman–Crippen MR) is 345 cm³/mol. The Kier molecular flexibility index (Phi) is 33.1. The molecule has 6 heterocycles. The molecule has 7 N–H and O–H groups in total. The van der Waals surface area contributed by atoms with Gasteiger partial charge < -0.3 is 102 Å². The van der Waals surface area contributed by atoms with E-state index in [1.807, 2.05) is 0 Å². The lowest BCUT2D eigenvalue weighted by atomic mass is 9.95. The molecule has 0 aromatic heterocycles. The standard InChI is InChI=1S/C71H114O25/c1-10-12-14-15-16-17-20-23-30-36-48(72)89-58-43(7)85-69(62(56(58)80)91-50(74)39-38-46-32-27-25-28-33-46)94-60-45(9)87-71(65(92-66(82)40(3)4)64(60)96-67-55(79)53(77)51(75)41(5)83-67)93-59-44(8)86-70-63(57(59)81)90-49(73)37-31-24-21-18-19-22-29-35-47(34-26-13-11-2)88-68-61(95-70)54(78)52(76)42(6)84-68/h25,27-28,32-33,38-45,47,51-65,67-71,75-81H,10-24,26,29-31,34-37H2,1-9H3/b39-38+/t41-,42+,43-,44-,45-,47-,51-,52-,53+,54-,55+,56+,57+,58-,59-,60-,61+,62+,63+,64+,65+,67-,68-,69-,70-,71-/m0/s1. The second-order valence-corrected chi connectivity index (χ2v) is 27.3. The lowest BCUT2D eigenvalue weighted by Crippen LogP contribution is -2.68. The molecule has 25 nitrogen and oxygen atoms in total. The molecule has 0 saturated carbocycles. The number of esters is 4. The highest BCUT2D eigenvalue weighted by molar-refractivity contribution is 5.87. The highest BCUT2D eigenvalue weighted by atomic mass is 16.8.